The number of nitrogens with one attached hydrogen (secondary N) is 3. The Bertz CT molecular complexity index is 656. The summed E-state index contributed by atoms with van der Waals surface area (Å²) in [5.41, 5.74) is 2.86. The van der Waals surface area contributed by atoms with Gasteiger partial charge in [0.25, 0.3) is 0 Å². The summed E-state index contributed by atoms with van der Waals surface area (Å²) in [4.78, 5) is 11.7. The number of unbranched alkanes of at least 4 members (excludes halogenated alkanes) is 2. The molecule has 0 unspecified atom stereocenters. The van der Waals surface area contributed by atoms with Gasteiger partial charge in [0.15, 0.2) is 5.11 Å². The standard InChI is InChI=1S/C19H23N3OS/c1-2-3-5-10-18(23)22-19(24)21-17-13-11-16(12-14-17)20-15-8-6-4-7-9-15/h4,6-9,11-14,20H,2-3,5,10H2,1H3,(H2,21,22,23,24). The predicted octanol–water partition coefficient (Wildman–Crippen LogP) is 4.82. The fraction of sp³-hybridized carbons (Fsp3) is 0.263. The Kier molecular flexibility index (Phi) is 7.23. The van der Waals surface area contributed by atoms with E-state index in [0.717, 1.165) is 36.3 Å². The largest absolute Gasteiger partial charge is 0.356 e. The van der Waals surface area contributed by atoms with E-state index >= 15 is 0 Å². The molecule has 0 aromatic heterocycles. The second kappa shape index (κ2) is 9.67. The van der Waals surface area contributed by atoms with E-state index < -0.39 is 0 Å². The van der Waals surface area contributed by atoms with Crippen LogP contribution < -0.4 is 16.0 Å². The molecule has 2 aromatic carbocycles. The summed E-state index contributed by atoms with van der Waals surface area (Å²) in [5.74, 6) is -0.0386. The molecule has 0 aliphatic heterocycles. The van der Waals surface area contributed by atoms with Gasteiger partial charge in [0.05, 0.1) is 0 Å². The second-order valence-electron chi connectivity index (χ2n) is 5.53. The average molecular weight is 341 g/mol. The van der Waals surface area contributed by atoms with Gasteiger partial charge in [-0.2, -0.15) is 0 Å². The van der Waals surface area contributed by atoms with E-state index in [1.807, 2.05) is 54.6 Å². The minimum absolute atomic E-state index is 0.0386. The van der Waals surface area contributed by atoms with Gasteiger partial charge in [0.1, 0.15) is 0 Å². The van der Waals surface area contributed by atoms with Crippen LogP contribution in [-0.2, 0) is 4.79 Å². The molecule has 0 atom stereocenters. The van der Waals surface area contributed by atoms with E-state index in [-0.39, 0.29) is 5.91 Å². The molecule has 2 aromatic rings. The lowest BCUT2D eigenvalue weighted by molar-refractivity contribution is -0.119. The van der Waals surface area contributed by atoms with E-state index in [0.29, 0.717) is 11.5 Å². The fourth-order valence-electron chi connectivity index (χ4n) is 2.21. The summed E-state index contributed by atoms with van der Waals surface area (Å²) in [5, 5.41) is 9.38. The van der Waals surface area contributed by atoms with Crippen LogP contribution in [-0.4, -0.2) is 11.0 Å². The van der Waals surface area contributed by atoms with Gasteiger partial charge < -0.3 is 16.0 Å². The lowest BCUT2D eigenvalue weighted by Gasteiger charge is -2.11. The highest BCUT2D eigenvalue weighted by Crippen LogP contribution is 2.18. The van der Waals surface area contributed by atoms with Gasteiger partial charge in [-0.25, -0.2) is 0 Å². The van der Waals surface area contributed by atoms with Gasteiger partial charge in [-0.3, -0.25) is 4.79 Å². The molecule has 3 N–H and O–H groups in total. The predicted molar refractivity (Wildman–Crippen MR) is 105 cm³/mol. The zero-order valence-corrected chi connectivity index (χ0v) is 14.7. The molecule has 0 fully saturated rings. The first kappa shape index (κ1) is 17.9. The first-order valence-electron chi connectivity index (χ1n) is 8.20. The van der Waals surface area contributed by atoms with Crippen molar-refractivity contribution in [3.8, 4) is 0 Å². The smallest absolute Gasteiger partial charge is 0.226 e. The third-order valence-electron chi connectivity index (χ3n) is 3.47. The van der Waals surface area contributed by atoms with E-state index in [4.69, 9.17) is 12.2 Å². The second-order valence-corrected chi connectivity index (χ2v) is 5.94. The van der Waals surface area contributed by atoms with Crippen molar-refractivity contribution in [2.45, 2.75) is 32.6 Å². The Balaban J connectivity index is 1.80. The minimum Gasteiger partial charge on any atom is -0.356 e. The quantitative estimate of drug-likeness (QED) is 0.499. The number of hydrogen-bond acceptors (Lipinski definition) is 3. The zero-order chi connectivity index (χ0) is 17.2. The van der Waals surface area contributed by atoms with E-state index in [1.165, 1.54) is 0 Å². The Labute approximate surface area is 148 Å². The number of hydrogen-bond donors (Lipinski definition) is 3. The molecule has 0 saturated heterocycles. The first-order chi connectivity index (χ1) is 11.7. The van der Waals surface area contributed by atoms with Crippen molar-refractivity contribution in [3.63, 3.8) is 0 Å². The molecule has 0 bridgehead atoms. The highest BCUT2D eigenvalue weighted by Gasteiger charge is 2.04. The molecule has 4 nitrogen and oxygen atoms in total. The third kappa shape index (κ3) is 6.38. The average Bonchev–Trinajstić information content (AvgIpc) is 2.58. The van der Waals surface area contributed by atoms with Crippen LogP contribution in [0.1, 0.15) is 32.6 Å². The Morgan fingerprint density at radius 3 is 2.21 bits per heavy atom. The number of rotatable bonds is 7. The van der Waals surface area contributed by atoms with Crippen LogP contribution in [0.3, 0.4) is 0 Å². The van der Waals surface area contributed by atoms with Crippen LogP contribution in [0.5, 0.6) is 0 Å². The summed E-state index contributed by atoms with van der Waals surface area (Å²) >= 11 is 5.17. The number of benzene rings is 2. The van der Waals surface area contributed by atoms with E-state index in [9.17, 15) is 4.79 Å². The van der Waals surface area contributed by atoms with Crippen LogP contribution in [0.15, 0.2) is 54.6 Å². The summed E-state index contributed by atoms with van der Waals surface area (Å²) in [7, 11) is 0. The Morgan fingerprint density at radius 2 is 1.54 bits per heavy atom. The molecule has 126 valence electrons. The number of amides is 1. The minimum atomic E-state index is -0.0386. The third-order valence-corrected chi connectivity index (χ3v) is 3.67. The highest BCUT2D eigenvalue weighted by atomic mass is 32.1. The van der Waals surface area contributed by atoms with Crippen molar-refractivity contribution in [2.75, 3.05) is 10.6 Å². The van der Waals surface area contributed by atoms with Crippen molar-refractivity contribution in [3.05, 3.63) is 54.6 Å². The van der Waals surface area contributed by atoms with Crippen LogP contribution in [0, 0.1) is 0 Å². The van der Waals surface area contributed by atoms with Crippen molar-refractivity contribution >= 4 is 40.3 Å². The lowest BCUT2D eigenvalue weighted by atomic mass is 10.2. The summed E-state index contributed by atoms with van der Waals surface area (Å²) in [6.07, 6.45) is 3.56. The molecule has 24 heavy (non-hydrogen) atoms. The van der Waals surface area contributed by atoms with Crippen LogP contribution in [0.4, 0.5) is 17.1 Å². The molecule has 0 radical (unpaired) electrons. The fourth-order valence-corrected chi connectivity index (χ4v) is 2.44. The van der Waals surface area contributed by atoms with Crippen molar-refractivity contribution in [1.29, 1.82) is 0 Å². The molecule has 5 heteroatoms. The zero-order valence-electron chi connectivity index (χ0n) is 13.8. The number of carbonyl (C=O) groups is 1. The number of thiocarbonyl (C=S) groups is 1. The Morgan fingerprint density at radius 1 is 0.917 bits per heavy atom. The maximum absolute atomic E-state index is 11.7. The SMILES string of the molecule is CCCCCC(=O)NC(=S)Nc1ccc(Nc2ccccc2)cc1. The van der Waals surface area contributed by atoms with Gasteiger partial charge in [-0.15, -0.1) is 0 Å². The normalized spacial score (nSPS) is 10.0. The van der Waals surface area contributed by atoms with Crippen molar-refractivity contribution in [2.24, 2.45) is 0 Å². The molecule has 0 aliphatic carbocycles. The molecule has 0 heterocycles. The van der Waals surface area contributed by atoms with Crippen molar-refractivity contribution in [1.82, 2.24) is 5.32 Å². The maximum atomic E-state index is 11.7. The maximum Gasteiger partial charge on any atom is 0.226 e. The molecular formula is C19H23N3OS. The molecule has 0 spiro atoms. The molecule has 2 rings (SSSR count). The molecule has 1 amide bonds. The van der Waals surface area contributed by atoms with Crippen LogP contribution >= 0.6 is 12.2 Å². The first-order valence-corrected chi connectivity index (χ1v) is 8.61. The lowest BCUT2D eigenvalue weighted by Crippen LogP contribution is -2.33. The van der Waals surface area contributed by atoms with Crippen molar-refractivity contribution < 1.29 is 4.79 Å². The number of para-hydroxylation sites is 1. The topological polar surface area (TPSA) is 53.2 Å². The monoisotopic (exact) mass is 341 g/mol. The number of carbonyl (C=O) groups excluding carboxylic acids is 1. The van der Waals surface area contributed by atoms with Gasteiger partial charge in [-0.1, -0.05) is 38.0 Å². The van der Waals surface area contributed by atoms with Crippen LogP contribution in [0.25, 0.3) is 0 Å². The van der Waals surface area contributed by atoms with Gasteiger partial charge >= 0.3 is 0 Å². The highest BCUT2D eigenvalue weighted by molar-refractivity contribution is 7.80. The molecule has 0 aliphatic rings. The van der Waals surface area contributed by atoms with E-state index in [2.05, 4.69) is 22.9 Å². The summed E-state index contributed by atoms with van der Waals surface area (Å²) in [6, 6.07) is 17.7. The summed E-state index contributed by atoms with van der Waals surface area (Å²) < 4.78 is 0. The van der Waals surface area contributed by atoms with E-state index in [1.54, 1.807) is 0 Å². The van der Waals surface area contributed by atoms with Gasteiger partial charge in [0.2, 0.25) is 5.91 Å². The number of anilines is 3. The Hall–Kier alpha value is -2.40. The van der Waals surface area contributed by atoms with Crippen LogP contribution in [0.2, 0.25) is 0 Å². The van der Waals surface area contributed by atoms with Gasteiger partial charge in [-0.05, 0) is 55.0 Å². The molecular weight excluding hydrogens is 318 g/mol. The molecule has 0 saturated carbocycles. The summed E-state index contributed by atoms with van der Waals surface area (Å²) in [6.45, 7) is 2.11. The van der Waals surface area contributed by atoms with Gasteiger partial charge in [0, 0.05) is 23.5 Å².